The van der Waals surface area contributed by atoms with Crippen LogP contribution in [-0.4, -0.2) is 10.8 Å². The Morgan fingerprint density at radius 2 is 2.08 bits per heavy atom. The molecule has 0 amide bonds. The number of nitrogens with zero attached hydrogens (tertiary/aromatic N) is 2. The molecule has 0 saturated carbocycles. The van der Waals surface area contributed by atoms with E-state index in [1.54, 1.807) is 23.5 Å². The molecule has 0 bridgehead atoms. The number of hydrogen-bond donors (Lipinski definition) is 1. The van der Waals surface area contributed by atoms with Crippen LogP contribution in [0.4, 0.5) is 4.39 Å². The first-order valence-electron chi connectivity index (χ1n) is 8.01. The molecule has 0 unspecified atom stereocenters. The minimum Gasteiger partial charge on any atom is -0.277 e. The number of hydrazine groups is 1. The second-order valence-electron chi connectivity index (χ2n) is 5.76. The molecule has 1 aliphatic heterocycles. The van der Waals surface area contributed by atoms with Crippen molar-refractivity contribution in [3.63, 3.8) is 0 Å². The minimum absolute atomic E-state index is 0.237. The van der Waals surface area contributed by atoms with Gasteiger partial charge in [0.25, 0.3) is 0 Å². The molecule has 128 valence electrons. The fourth-order valence-electron chi connectivity index (χ4n) is 2.49. The Balaban J connectivity index is 1.78. The number of amidine groups is 1. The Morgan fingerprint density at radius 1 is 1.32 bits per heavy atom. The van der Waals surface area contributed by atoms with Crippen LogP contribution in [0.2, 0.25) is 0 Å². The lowest BCUT2D eigenvalue weighted by Gasteiger charge is -2.31. The van der Waals surface area contributed by atoms with E-state index in [2.05, 4.69) is 41.4 Å². The van der Waals surface area contributed by atoms with Gasteiger partial charge in [-0.1, -0.05) is 24.8 Å². The number of halogens is 1. The van der Waals surface area contributed by atoms with E-state index < -0.39 is 0 Å². The smallest absolute Gasteiger partial charge is 0.140 e. The zero-order valence-corrected chi connectivity index (χ0v) is 15.1. The average Bonchev–Trinajstić information content (AvgIpc) is 3.03. The lowest BCUT2D eigenvalue weighted by molar-refractivity contribution is 0.450. The highest BCUT2D eigenvalue weighted by Gasteiger charge is 2.18. The number of thiophene rings is 1. The van der Waals surface area contributed by atoms with Crippen LogP contribution >= 0.6 is 11.3 Å². The van der Waals surface area contributed by atoms with E-state index >= 15 is 0 Å². The molecule has 0 spiro atoms. The van der Waals surface area contributed by atoms with E-state index in [-0.39, 0.29) is 5.82 Å². The molecule has 0 radical (unpaired) electrons. The molecule has 3 rings (SSSR count). The summed E-state index contributed by atoms with van der Waals surface area (Å²) in [5.41, 5.74) is 7.39. The Morgan fingerprint density at radius 3 is 2.72 bits per heavy atom. The van der Waals surface area contributed by atoms with E-state index in [1.807, 2.05) is 24.1 Å². The second kappa shape index (κ2) is 7.49. The first-order valence-corrected chi connectivity index (χ1v) is 8.89. The quantitative estimate of drug-likeness (QED) is 0.833. The van der Waals surface area contributed by atoms with Gasteiger partial charge in [-0.25, -0.2) is 4.39 Å². The SMILES string of the molecule is C=C1C=CC(=NCc2ccc(F)cc2)NN1/C(=C\C)c1cc(C)cs1. The van der Waals surface area contributed by atoms with Gasteiger partial charge in [0.1, 0.15) is 11.7 Å². The second-order valence-corrected chi connectivity index (χ2v) is 6.67. The Bertz CT molecular complexity index is 859. The van der Waals surface area contributed by atoms with Crippen LogP contribution in [0.15, 0.2) is 71.2 Å². The predicted octanol–water partition coefficient (Wildman–Crippen LogP) is 5.05. The number of allylic oxidation sites excluding steroid dienone is 2. The van der Waals surface area contributed by atoms with Gasteiger partial charge in [-0.2, -0.15) is 0 Å². The lowest BCUT2D eigenvalue weighted by atomic mass is 10.2. The van der Waals surface area contributed by atoms with E-state index in [0.717, 1.165) is 22.8 Å². The van der Waals surface area contributed by atoms with E-state index in [4.69, 9.17) is 0 Å². The maximum atomic E-state index is 13.0. The van der Waals surface area contributed by atoms with Gasteiger partial charge in [0.05, 0.1) is 22.8 Å². The molecule has 0 atom stereocenters. The van der Waals surface area contributed by atoms with Crippen LogP contribution in [0.25, 0.3) is 5.70 Å². The zero-order chi connectivity index (χ0) is 17.8. The van der Waals surface area contributed by atoms with Crippen molar-refractivity contribution in [2.24, 2.45) is 4.99 Å². The van der Waals surface area contributed by atoms with Crippen LogP contribution in [0.3, 0.4) is 0 Å². The third kappa shape index (κ3) is 4.06. The standard InChI is InChI=1S/C20H20FN3S/c1-4-18(19-11-14(2)13-25-19)24-15(3)5-10-20(23-24)22-12-16-6-8-17(21)9-7-16/h4-11,13H,3,12H2,1-2H3,(H,22,23)/b18-4-. The molecule has 5 heteroatoms. The van der Waals surface area contributed by atoms with E-state index in [1.165, 1.54) is 22.6 Å². The van der Waals surface area contributed by atoms with Crippen molar-refractivity contribution in [1.29, 1.82) is 0 Å². The van der Waals surface area contributed by atoms with Crippen molar-refractivity contribution < 1.29 is 4.39 Å². The van der Waals surface area contributed by atoms with E-state index in [0.29, 0.717) is 6.54 Å². The largest absolute Gasteiger partial charge is 0.277 e. The van der Waals surface area contributed by atoms with Crippen LogP contribution in [0, 0.1) is 12.7 Å². The predicted molar refractivity (Wildman–Crippen MR) is 104 cm³/mol. The van der Waals surface area contributed by atoms with Gasteiger partial charge in [0.15, 0.2) is 0 Å². The van der Waals surface area contributed by atoms with Crippen molar-refractivity contribution >= 4 is 22.9 Å². The average molecular weight is 353 g/mol. The summed E-state index contributed by atoms with van der Waals surface area (Å²) >= 11 is 1.70. The summed E-state index contributed by atoms with van der Waals surface area (Å²) in [6.45, 7) is 8.68. The van der Waals surface area contributed by atoms with Gasteiger partial charge in [-0.15, -0.1) is 11.3 Å². The van der Waals surface area contributed by atoms with Gasteiger partial charge >= 0.3 is 0 Å². The summed E-state index contributed by atoms with van der Waals surface area (Å²) in [5.74, 6) is 0.503. The summed E-state index contributed by atoms with van der Waals surface area (Å²) in [5, 5.41) is 4.07. The minimum atomic E-state index is -0.237. The van der Waals surface area contributed by atoms with Crippen molar-refractivity contribution in [1.82, 2.24) is 10.4 Å². The number of aliphatic imine (C=N–C) groups is 1. The monoisotopic (exact) mass is 353 g/mol. The van der Waals surface area contributed by atoms with Crippen molar-refractivity contribution in [2.75, 3.05) is 0 Å². The number of rotatable bonds is 4. The third-order valence-electron chi connectivity index (χ3n) is 3.79. The van der Waals surface area contributed by atoms with Gasteiger partial charge in [0, 0.05) is 0 Å². The summed E-state index contributed by atoms with van der Waals surface area (Å²) in [7, 11) is 0. The highest BCUT2D eigenvalue weighted by Crippen LogP contribution is 2.28. The third-order valence-corrected chi connectivity index (χ3v) is 4.86. The maximum Gasteiger partial charge on any atom is 0.140 e. The zero-order valence-electron chi connectivity index (χ0n) is 14.3. The molecule has 0 saturated heterocycles. The molecule has 1 aromatic carbocycles. The Hall–Kier alpha value is -2.66. The van der Waals surface area contributed by atoms with E-state index in [9.17, 15) is 4.39 Å². The number of benzene rings is 1. The molecule has 2 heterocycles. The summed E-state index contributed by atoms with van der Waals surface area (Å²) in [4.78, 5) is 5.74. The molecular formula is C20H20FN3S. The molecule has 1 aromatic heterocycles. The summed E-state index contributed by atoms with van der Waals surface area (Å²) in [6.07, 6.45) is 5.89. The molecule has 0 aliphatic carbocycles. The first kappa shape index (κ1) is 17.2. The number of aryl methyl sites for hydroxylation is 1. The van der Waals surface area contributed by atoms with Crippen LogP contribution < -0.4 is 5.43 Å². The topological polar surface area (TPSA) is 27.6 Å². The normalized spacial score (nSPS) is 16.4. The summed E-state index contributed by atoms with van der Waals surface area (Å²) in [6, 6.07) is 8.54. The molecule has 3 nitrogen and oxygen atoms in total. The van der Waals surface area contributed by atoms with Crippen LogP contribution in [0.5, 0.6) is 0 Å². The Kier molecular flexibility index (Phi) is 5.14. The molecule has 2 aromatic rings. The molecule has 1 N–H and O–H groups in total. The van der Waals surface area contributed by atoms with Crippen molar-refractivity contribution in [3.05, 3.63) is 88.0 Å². The molecule has 25 heavy (non-hydrogen) atoms. The van der Waals surface area contributed by atoms with Crippen molar-refractivity contribution in [2.45, 2.75) is 20.4 Å². The highest BCUT2D eigenvalue weighted by atomic mass is 32.1. The maximum absolute atomic E-state index is 13.0. The van der Waals surface area contributed by atoms with Crippen molar-refractivity contribution in [3.8, 4) is 0 Å². The number of hydrogen-bond acceptors (Lipinski definition) is 3. The van der Waals surface area contributed by atoms with Crippen LogP contribution in [0.1, 0.15) is 22.9 Å². The molecule has 0 fully saturated rings. The van der Waals surface area contributed by atoms with Gasteiger partial charge in [-0.05, 0) is 60.7 Å². The van der Waals surface area contributed by atoms with Gasteiger partial charge < -0.3 is 0 Å². The lowest BCUT2D eigenvalue weighted by Crippen LogP contribution is -2.41. The van der Waals surface area contributed by atoms with Gasteiger partial charge in [0.2, 0.25) is 0 Å². The Labute approximate surface area is 151 Å². The molecular weight excluding hydrogens is 333 g/mol. The van der Waals surface area contributed by atoms with Crippen LogP contribution in [-0.2, 0) is 6.54 Å². The number of nitrogens with one attached hydrogen (secondary N) is 1. The fourth-order valence-corrected chi connectivity index (χ4v) is 3.45. The first-order chi connectivity index (χ1) is 12.1. The fraction of sp³-hybridized carbons (Fsp3) is 0.150. The highest BCUT2D eigenvalue weighted by molar-refractivity contribution is 7.11. The molecule has 1 aliphatic rings. The summed E-state index contributed by atoms with van der Waals surface area (Å²) < 4.78 is 13.0. The van der Waals surface area contributed by atoms with Gasteiger partial charge in [-0.3, -0.25) is 15.4 Å².